The second kappa shape index (κ2) is 2.72. The molecule has 1 rings (SSSR count). The van der Waals surface area contributed by atoms with Gasteiger partial charge in [-0.05, 0) is 0 Å². The number of carbonyl (C=O) groups excluding carboxylic acids is 1. The topological polar surface area (TPSA) is 76.0 Å². The number of hydrogen-bond acceptors (Lipinski definition) is 2. The molecule has 4 nitrogen and oxygen atoms in total. The van der Waals surface area contributed by atoms with E-state index >= 15 is 0 Å². The van der Waals surface area contributed by atoms with Crippen LogP contribution >= 0.6 is 0 Å². The maximum atomic E-state index is 12.6. The Kier molecular flexibility index (Phi) is 1.90. The molecular formula is C6H4F2N2O2. The van der Waals surface area contributed by atoms with E-state index in [9.17, 15) is 18.4 Å². The lowest BCUT2D eigenvalue weighted by Crippen LogP contribution is -2.22. The lowest BCUT2D eigenvalue weighted by molar-refractivity contribution is 0.0991. The van der Waals surface area contributed by atoms with Gasteiger partial charge in [-0.3, -0.25) is 9.59 Å². The van der Waals surface area contributed by atoms with Crippen LogP contribution in [0.2, 0.25) is 0 Å². The molecule has 1 amide bonds. The van der Waals surface area contributed by atoms with E-state index in [4.69, 9.17) is 0 Å². The van der Waals surface area contributed by atoms with Crippen LogP contribution in [0.5, 0.6) is 0 Å². The number of rotatable bonds is 1. The van der Waals surface area contributed by atoms with Gasteiger partial charge in [-0.1, -0.05) is 0 Å². The Morgan fingerprint density at radius 2 is 2.08 bits per heavy atom. The number of aromatic amines is 1. The van der Waals surface area contributed by atoms with E-state index in [0.29, 0.717) is 6.20 Å². The van der Waals surface area contributed by atoms with Gasteiger partial charge in [0.25, 0.3) is 11.5 Å². The van der Waals surface area contributed by atoms with Crippen molar-refractivity contribution >= 4 is 5.91 Å². The third-order valence-electron chi connectivity index (χ3n) is 1.23. The lowest BCUT2D eigenvalue weighted by Gasteiger charge is -1.97. The minimum atomic E-state index is -1.50. The van der Waals surface area contributed by atoms with Crippen LogP contribution in [0.1, 0.15) is 10.4 Å². The first kappa shape index (κ1) is 8.38. The summed E-state index contributed by atoms with van der Waals surface area (Å²) in [6.07, 6.45) is 0.575. The molecule has 0 saturated carbocycles. The number of amides is 1. The number of nitrogens with one attached hydrogen (secondary N) is 1. The number of primary amides is 1. The molecule has 64 valence electrons. The number of hydrogen-bond donors (Lipinski definition) is 2. The average Bonchev–Trinajstić information content (AvgIpc) is 1.97. The Bertz CT molecular complexity index is 386. The first-order valence-electron chi connectivity index (χ1n) is 2.90. The van der Waals surface area contributed by atoms with Gasteiger partial charge in [0.05, 0.1) is 0 Å². The standard InChI is InChI=1S/C6H4F2N2O2/c7-2-1-10-6(12)4(8)3(2)5(9)11/h1H,(H2,9,11)(H,10,12). The van der Waals surface area contributed by atoms with Gasteiger partial charge in [-0.15, -0.1) is 0 Å². The summed E-state index contributed by atoms with van der Waals surface area (Å²) in [6.45, 7) is 0. The summed E-state index contributed by atoms with van der Waals surface area (Å²) in [7, 11) is 0. The number of H-pyrrole nitrogens is 1. The minimum Gasteiger partial charge on any atom is -0.365 e. The van der Waals surface area contributed by atoms with Crippen molar-refractivity contribution in [2.24, 2.45) is 5.73 Å². The van der Waals surface area contributed by atoms with Gasteiger partial charge >= 0.3 is 0 Å². The second-order valence-electron chi connectivity index (χ2n) is 2.02. The highest BCUT2D eigenvalue weighted by atomic mass is 19.1. The molecule has 0 radical (unpaired) electrons. The third kappa shape index (κ3) is 1.18. The SMILES string of the molecule is NC(=O)c1c(F)c[nH]c(=O)c1F. The predicted octanol–water partition coefficient (Wildman–Crippen LogP) is -0.248. The summed E-state index contributed by atoms with van der Waals surface area (Å²) in [5.74, 6) is -3.99. The zero-order chi connectivity index (χ0) is 9.30. The molecule has 3 N–H and O–H groups in total. The molecule has 0 aliphatic heterocycles. The lowest BCUT2D eigenvalue weighted by atomic mass is 10.2. The largest absolute Gasteiger partial charge is 0.365 e. The van der Waals surface area contributed by atoms with Crippen molar-refractivity contribution in [1.29, 1.82) is 0 Å². The molecule has 6 heteroatoms. The monoisotopic (exact) mass is 174 g/mol. The summed E-state index contributed by atoms with van der Waals surface area (Å²) in [6, 6.07) is 0. The molecule has 1 aromatic rings. The highest BCUT2D eigenvalue weighted by Gasteiger charge is 2.16. The molecule has 0 bridgehead atoms. The van der Waals surface area contributed by atoms with Crippen LogP contribution in [0.3, 0.4) is 0 Å². The summed E-state index contributed by atoms with van der Waals surface area (Å²) in [4.78, 5) is 22.6. The normalized spacial score (nSPS) is 9.83. The summed E-state index contributed by atoms with van der Waals surface area (Å²) in [5.41, 5.74) is 2.42. The zero-order valence-corrected chi connectivity index (χ0v) is 5.73. The van der Waals surface area contributed by atoms with Gasteiger partial charge < -0.3 is 10.7 Å². The molecule has 1 aromatic heterocycles. The van der Waals surface area contributed by atoms with E-state index < -0.39 is 28.7 Å². The van der Waals surface area contributed by atoms with Crippen molar-refractivity contribution in [2.45, 2.75) is 0 Å². The van der Waals surface area contributed by atoms with Crippen LogP contribution in [-0.4, -0.2) is 10.9 Å². The zero-order valence-electron chi connectivity index (χ0n) is 5.73. The molecule has 0 spiro atoms. The number of halogens is 2. The molecule has 12 heavy (non-hydrogen) atoms. The molecule has 0 saturated heterocycles. The summed E-state index contributed by atoms with van der Waals surface area (Å²) in [5, 5.41) is 0. The average molecular weight is 174 g/mol. The maximum absolute atomic E-state index is 12.6. The first-order chi connectivity index (χ1) is 5.54. The van der Waals surface area contributed by atoms with Crippen LogP contribution in [0.25, 0.3) is 0 Å². The third-order valence-corrected chi connectivity index (χ3v) is 1.23. The van der Waals surface area contributed by atoms with Gasteiger partial charge in [-0.25, -0.2) is 4.39 Å². The fourth-order valence-electron chi connectivity index (χ4n) is 0.709. The van der Waals surface area contributed by atoms with E-state index in [1.54, 1.807) is 4.98 Å². The Morgan fingerprint density at radius 3 is 2.50 bits per heavy atom. The summed E-state index contributed by atoms with van der Waals surface area (Å²) < 4.78 is 25.2. The maximum Gasteiger partial charge on any atom is 0.284 e. The van der Waals surface area contributed by atoms with Crippen molar-refractivity contribution in [3.63, 3.8) is 0 Å². The fourth-order valence-corrected chi connectivity index (χ4v) is 0.709. The Hall–Kier alpha value is -1.72. The van der Waals surface area contributed by atoms with Crippen LogP contribution in [0, 0.1) is 11.6 Å². The molecular weight excluding hydrogens is 170 g/mol. The van der Waals surface area contributed by atoms with Crippen LogP contribution in [0.15, 0.2) is 11.0 Å². The molecule has 0 atom stereocenters. The van der Waals surface area contributed by atoms with Crippen molar-refractivity contribution < 1.29 is 13.6 Å². The van der Waals surface area contributed by atoms with E-state index in [2.05, 4.69) is 5.73 Å². The quantitative estimate of drug-likeness (QED) is 0.616. The van der Waals surface area contributed by atoms with Gasteiger partial charge in [0.1, 0.15) is 5.56 Å². The van der Waals surface area contributed by atoms with Gasteiger partial charge in [-0.2, -0.15) is 4.39 Å². The van der Waals surface area contributed by atoms with E-state index in [0.717, 1.165) is 0 Å². The second-order valence-corrected chi connectivity index (χ2v) is 2.02. The predicted molar refractivity (Wildman–Crippen MR) is 35.5 cm³/mol. The Balaban J connectivity index is 3.54. The molecule has 0 fully saturated rings. The Morgan fingerprint density at radius 1 is 1.50 bits per heavy atom. The first-order valence-corrected chi connectivity index (χ1v) is 2.90. The van der Waals surface area contributed by atoms with Crippen LogP contribution < -0.4 is 11.3 Å². The highest BCUT2D eigenvalue weighted by molar-refractivity contribution is 5.93. The molecule has 1 heterocycles. The Labute approximate surface area is 65.0 Å². The van der Waals surface area contributed by atoms with Gasteiger partial charge in [0.15, 0.2) is 5.82 Å². The number of nitrogens with two attached hydrogens (primary N) is 1. The fraction of sp³-hybridized carbons (Fsp3) is 0. The van der Waals surface area contributed by atoms with E-state index in [-0.39, 0.29) is 0 Å². The van der Waals surface area contributed by atoms with Crippen molar-refractivity contribution in [2.75, 3.05) is 0 Å². The summed E-state index contributed by atoms with van der Waals surface area (Å²) >= 11 is 0. The molecule has 0 unspecified atom stereocenters. The van der Waals surface area contributed by atoms with E-state index in [1.165, 1.54) is 0 Å². The number of aromatic nitrogens is 1. The van der Waals surface area contributed by atoms with Crippen molar-refractivity contribution in [3.05, 3.63) is 33.7 Å². The number of pyridine rings is 1. The highest BCUT2D eigenvalue weighted by Crippen LogP contribution is 2.05. The van der Waals surface area contributed by atoms with Crippen molar-refractivity contribution in [1.82, 2.24) is 4.98 Å². The molecule has 0 aromatic carbocycles. The van der Waals surface area contributed by atoms with Gasteiger partial charge in [0.2, 0.25) is 5.82 Å². The molecule has 0 aliphatic carbocycles. The molecule has 0 aliphatic rings. The minimum absolute atomic E-state index is 0.575. The van der Waals surface area contributed by atoms with E-state index in [1.807, 2.05) is 0 Å². The van der Waals surface area contributed by atoms with Gasteiger partial charge in [0, 0.05) is 6.20 Å². The number of carbonyl (C=O) groups is 1. The smallest absolute Gasteiger partial charge is 0.284 e. The van der Waals surface area contributed by atoms with Crippen LogP contribution in [0.4, 0.5) is 8.78 Å². The van der Waals surface area contributed by atoms with Crippen LogP contribution in [-0.2, 0) is 0 Å². The van der Waals surface area contributed by atoms with Crippen molar-refractivity contribution in [3.8, 4) is 0 Å².